The van der Waals surface area contributed by atoms with E-state index in [1.807, 2.05) is 6.07 Å². The van der Waals surface area contributed by atoms with E-state index in [1.54, 1.807) is 6.07 Å². The number of hydrogen-bond acceptors (Lipinski definition) is 0. The highest BCUT2D eigenvalue weighted by atomic mass is 127. The molecule has 0 amide bonds. The van der Waals surface area contributed by atoms with Gasteiger partial charge in [-0.25, -0.2) is 4.39 Å². The molecule has 3 rings (SSSR count). The van der Waals surface area contributed by atoms with Crippen molar-refractivity contribution in [1.82, 2.24) is 0 Å². The smallest absolute Gasteiger partial charge is 0.124 e. The summed E-state index contributed by atoms with van der Waals surface area (Å²) in [4.78, 5) is 0.127. The van der Waals surface area contributed by atoms with Gasteiger partial charge in [0.05, 0.1) is 4.83 Å². The predicted octanol–water partition coefficient (Wildman–Crippen LogP) is 5.79. The summed E-state index contributed by atoms with van der Waals surface area (Å²) >= 11 is 5.97. The summed E-state index contributed by atoms with van der Waals surface area (Å²) < 4.78 is 14.2. The van der Waals surface area contributed by atoms with E-state index in [2.05, 4.69) is 56.7 Å². The van der Waals surface area contributed by atoms with Gasteiger partial charge in [0.1, 0.15) is 5.82 Å². The molecule has 0 aromatic heterocycles. The highest BCUT2D eigenvalue weighted by Gasteiger charge is 2.17. The SMILES string of the molecule is Fc1ccc(C(Br)c2ccc3c(c2)CCCC3)c(I)c1. The van der Waals surface area contributed by atoms with Gasteiger partial charge in [0.15, 0.2) is 0 Å². The largest absolute Gasteiger partial charge is 0.207 e. The lowest BCUT2D eigenvalue weighted by Gasteiger charge is -2.19. The Bertz CT molecular complexity index is 639. The summed E-state index contributed by atoms with van der Waals surface area (Å²) in [5.41, 5.74) is 5.36. The van der Waals surface area contributed by atoms with E-state index in [1.165, 1.54) is 48.4 Å². The third-order valence-corrected chi connectivity index (χ3v) is 5.86. The van der Waals surface area contributed by atoms with Crippen molar-refractivity contribution < 1.29 is 4.39 Å². The Morgan fingerprint density at radius 1 is 1.00 bits per heavy atom. The van der Waals surface area contributed by atoms with E-state index in [9.17, 15) is 4.39 Å². The Labute approximate surface area is 141 Å². The minimum atomic E-state index is -0.178. The fraction of sp³-hybridized carbons (Fsp3) is 0.294. The second kappa shape index (κ2) is 6.14. The van der Waals surface area contributed by atoms with Crippen LogP contribution in [-0.2, 0) is 12.8 Å². The molecule has 0 spiro atoms. The normalized spacial score (nSPS) is 15.8. The van der Waals surface area contributed by atoms with Crippen molar-refractivity contribution in [3.05, 3.63) is 68.0 Å². The van der Waals surface area contributed by atoms with E-state index in [-0.39, 0.29) is 10.6 Å². The summed E-state index contributed by atoms with van der Waals surface area (Å²) in [6, 6.07) is 11.8. The molecule has 0 bridgehead atoms. The number of benzene rings is 2. The molecule has 0 radical (unpaired) electrons. The fourth-order valence-corrected chi connectivity index (χ4v) is 4.70. The van der Waals surface area contributed by atoms with Crippen LogP contribution in [0.2, 0.25) is 0 Å². The Balaban J connectivity index is 1.95. The standard InChI is InChI=1S/C17H15BrFI/c18-17(15-8-7-14(19)10-16(15)20)13-6-5-11-3-1-2-4-12(11)9-13/h5-10,17H,1-4H2. The van der Waals surface area contributed by atoms with Gasteiger partial charge in [-0.15, -0.1) is 0 Å². The van der Waals surface area contributed by atoms with Crippen LogP contribution in [0.3, 0.4) is 0 Å². The summed E-state index contributed by atoms with van der Waals surface area (Å²) in [6.07, 6.45) is 4.98. The average molecular weight is 445 g/mol. The van der Waals surface area contributed by atoms with E-state index < -0.39 is 0 Å². The molecule has 3 heteroatoms. The number of alkyl halides is 1. The number of rotatable bonds is 2. The van der Waals surface area contributed by atoms with Crippen LogP contribution in [0.25, 0.3) is 0 Å². The lowest BCUT2D eigenvalue weighted by atomic mass is 9.89. The van der Waals surface area contributed by atoms with Crippen LogP contribution >= 0.6 is 38.5 Å². The first-order valence-electron chi connectivity index (χ1n) is 6.86. The lowest BCUT2D eigenvalue weighted by Crippen LogP contribution is -2.04. The number of halogens is 3. The van der Waals surface area contributed by atoms with Crippen molar-refractivity contribution in [1.29, 1.82) is 0 Å². The molecule has 2 aromatic rings. The number of fused-ring (bicyclic) bond motifs is 1. The monoisotopic (exact) mass is 444 g/mol. The summed E-state index contributed by atoms with van der Waals surface area (Å²) in [7, 11) is 0. The van der Waals surface area contributed by atoms with Gasteiger partial charge in [-0.05, 0) is 82.7 Å². The minimum absolute atomic E-state index is 0.127. The van der Waals surface area contributed by atoms with Gasteiger partial charge in [0.25, 0.3) is 0 Å². The quantitative estimate of drug-likeness (QED) is 0.406. The molecule has 0 N–H and O–H groups in total. The fourth-order valence-electron chi connectivity index (χ4n) is 2.80. The van der Waals surface area contributed by atoms with E-state index >= 15 is 0 Å². The summed E-state index contributed by atoms with van der Waals surface area (Å²) in [5.74, 6) is -0.178. The molecule has 1 aliphatic rings. The molecule has 1 aliphatic carbocycles. The van der Waals surface area contributed by atoms with Crippen molar-refractivity contribution in [3.63, 3.8) is 0 Å². The summed E-state index contributed by atoms with van der Waals surface area (Å²) in [6.45, 7) is 0. The predicted molar refractivity (Wildman–Crippen MR) is 93.0 cm³/mol. The molecule has 0 nitrogen and oxygen atoms in total. The van der Waals surface area contributed by atoms with Gasteiger partial charge in [-0.3, -0.25) is 0 Å². The van der Waals surface area contributed by atoms with Crippen molar-refractivity contribution >= 4 is 38.5 Å². The Hall–Kier alpha value is -0.420. The first-order chi connectivity index (χ1) is 9.65. The maximum atomic E-state index is 13.2. The zero-order valence-corrected chi connectivity index (χ0v) is 14.7. The van der Waals surface area contributed by atoms with Crippen molar-refractivity contribution in [2.24, 2.45) is 0 Å². The average Bonchev–Trinajstić information content (AvgIpc) is 2.46. The second-order valence-electron chi connectivity index (χ2n) is 5.26. The van der Waals surface area contributed by atoms with Gasteiger partial charge in [-0.2, -0.15) is 0 Å². The zero-order chi connectivity index (χ0) is 14.1. The van der Waals surface area contributed by atoms with E-state index in [0.717, 1.165) is 9.13 Å². The van der Waals surface area contributed by atoms with Gasteiger partial charge in [0, 0.05) is 3.57 Å². The number of aryl methyl sites for hydroxylation is 2. The highest BCUT2D eigenvalue weighted by molar-refractivity contribution is 14.1. The Morgan fingerprint density at radius 3 is 2.50 bits per heavy atom. The first-order valence-corrected chi connectivity index (χ1v) is 8.85. The van der Waals surface area contributed by atoms with Gasteiger partial charge in [0.2, 0.25) is 0 Å². The Morgan fingerprint density at radius 2 is 1.75 bits per heavy atom. The first kappa shape index (κ1) is 14.5. The third-order valence-electron chi connectivity index (χ3n) is 3.90. The van der Waals surface area contributed by atoms with Crippen LogP contribution in [0.4, 0.5) is 4.39 Å². The van der Waals surface area contributed by atoms with Crippen molar-refractivity contribution in [3.8, 4) is 0 Å². The maximum Gasteiger partial charge on any atom is 0.124 e. The summed E-state index contributed by atoms with van der Waals surface area (Å²) in [5, 5.41) is 0. The molecule has 0 heterocycles. The van der Waals surface area contributed by atoms with Crippen LogP contribution in [-0.4, -0.2) is 0 Å². The third kappa shape index (κ3) is 2.93. The number of hydrogen-bond donors (Lipinski definition) is 0. The molecular weight excluding hydrogens is 430 g/mol. The Kier molecular flexibility index (Phi) is 4.46. The molecule has 0 saturated carbocycles. The molecule has 0 saturated heterocycles. The van der Waals surface area contributed by atoms with E-state index in [0.29, 0.717) is 0 Å². The van der Waals surface area contributed by atoms with Crippen LogP contribution in [0, 0.1) is 9.39 Å². The van der Waals surface area contributed by atoms with Gasteiger partial charge < -0.3 is 0 Å². The van der Waals surface area contributed by atoms with Gasteiger partial charge >= 0.3 is 0 Å². The van der Waals surface area contributed by atoms with Crippen molar-refractivity contribution in [2.45, 2.75) is 30.5 Å². The zero-order valence-electron chi connectivity index (χ0n) is 11.0. The van der Waals surface area contributed by atoms with Crippen LogP contribution in [0.15, 0.2) is 36.4 Å². The van der Waals surface area contributed by atoms with Crippen LogP contribution in [0.1, 0.15) is 39.9 Å². The maximum absolute atomic E-state index is 13.2. The highest BCUT2D eigenvalue weighted by Crippen LogP contribution is 2.35. The van der Waals surface area contributed by atoms with Crippen LogP contribution in [0.5, 0.6) is 0 Å². The molecule has 2 aromatic carbocycles. The topological polar surface area (TPSA) is 0 Å². The minimum Gasteiger partial charge on any atom is -0.207 e. The molecule has 0 aliphatic heterocycles. The van der Waals surface area contributed by atoms with Crippen LogP contribution < -0.4 is 0 Å². The molecule has 1 unspecified atom stereocenters. The second-order valence-corrected chi connectivity index (χ2v) is 7.34. The molecule has 104 valence electrons. The molecule has 0 fully saturated rings. The molecule has 1 atom stereocenters. The van der Waals surface area contributed by atoms with Gasteiger partial charge in [-0.1, -0.05) is 40.2 Å². The molecular formula is C17H15BrFI. The van der Waals surface area contributed by atoms with E-state index in [4.69, 9.17) is 0 Å². The lowest BCUT2D eigenvalue weighted by molar-refractivity contribution is 0.626. The van der Waals surface area contributed by atoms with Crippen molar-refractivity contribution in [2.75, 3.05) is 0 Å². The molecule has 20 heavy (non-hydrogen) atoms.